The molecule has 7 heteroatoms. The molecule has 0 saturated carbocycles. The van der Waals surface area contributed by atoms with Gasteiger partial charge in [0.05, 0.1) is 14.2 Å². The number of H-pyrrole nitrogens is 1. The number of pyridine rings is 1. The van der Waals surface area contributed by atoms with Gasteiger partial charge in [0.1, 0.15) is 0 Å². The molecule has 0 unspecified atom stereocenters. The molecule has 0 amide bonds. The maximum absolute atomic E-state index is 13.0. The SMILES string of the molecule is CCc1[nH]c(=O)c(Cc2cccc(-c3cccc(N)c3)c2)c2cc(OC)c(OC)cc12.Cl.Cl. The van der Waals surface area contributed by atoms with E-state index >= 15 is 0 Å². The summed E-state index contributed by atoms with van der Waals surface area (Å²) in [4.78, 5) is 16.1. The number of methoxy groups -OCH3 is 2. The minimum absolute atomic E-state index is 0. The van der Waals surface area contributed by atoms with E-state index in [1.54, 1.807) is 14.2 Å². The van der Waals surface area contributed by atoms with Gasteiger partial charge in [0.15, 0.2) is 11.5 Å². The maximum Gasteiger partial charge on any atom is 0.252 e. The number of hydrogen-bond acceptors (Lipinski definition) is 4. The molecule has 0 saturated heterocycles. The van der Waals surface area contributed by atoms with Crippen LogP contribution in [-0.2, 0) is 12.8 Å². The van der Waals surface area contributed by atoms with Crippen molar-refractivity contribution in [3.05, 3.63) is 87.8 Å². The molecule has 0 fully saturated rings. The number of anilines is 1. The average Bonchev–Trinajstić information content (AvgIpc) is 2.80. The number of aryl methyl sites for hydroxylation is 1. The van der Waals surface area contributed by atoms with Crippen LogP contribution < -0.4 is 20.8 Å². The number of nitrogen functional groups attached to an aromatic ring is 1. The molecule has 3 N–H and O–H groups in total. The molecule has 33 heavy (non-hydrogen) atoms. The van der Waals surface area contributed by atoms with Gasteiger partial charge in [-0.15, -0.1) is 24.8 Å². The fourth-order valence-electron chi connectivity index (χ4n) is 4.02. The highest BCUT2D eigenvalue weighted by Crippen LogP contribution is 2.35. The van der Waals surface area contributed by atoms with Crippen molar-refractivity contribution in [3.8, 4) is 22.6 Å². The highest BCUT2D eigenvalue weighted by Gasteiger charge is 2.16. The van der Waals surface area contributed by atoms with Gasteiger partial charge in [-0.2, -0.15) is 0 Å². The normalized spacial score (nSPS) is 10.3. The summed E-state index contributed by atoms with van der Waals surface area (Å²) in [6.45, 7) is 2.02. The van der Waals surface area contributed by atoms with E-state index in [4.69, 9.17) is 15.2 Å². The Balaban J connectivity index is 0.00000193. The summed E-state index contributed by atoms with van der Waals surface area (Å²) >= 11 is 0. The Hall–Kier alpha value is -3.15. The molecule has 0 aliphatic heterocycles. The van der Waals surface area contributed by atoms with Crippen LogP contribution >= 0.6 is 24.8 Å². The third-order valence-corrected chi connectivity index (χ3v) is 5.59. The van der Waals surface area contributed by atoms with Crippen LogP contribution in [0, 0.1) is 0 Å². The minimum atomic E-state index is -0.0778. The Labute approximate surface area is 205 Å². The van der Waals surface area contributed by atoms with Crippen LogP contribution in [0.4, 0.5) is 5.69 Å². The summed E-state index contributed by atoms with van der Waals surface area (Å²) < 4.78 is 11.0. The number of benzene rings is 3. The number of ether oxygens (including phenoxy) is 2. The van der Waals surface area contributed by atoms with Crippen molar-refractivity contribution in [1.29, 1.82) is 0 Å². The van der Waals surface area contributed by atoms with E-state index in [2.05, 4.69) is 17.1 Å². The van der Waals surface area contributed by atoms with Crippen molar-refractivity contribution < 1.29 is 9.47 Å². The number of hydrogen-bond donors (Lipinski definition) is 2. The smallest absolute Gasteiger partial charge is 0.252 e. The van der Waals surface area contributed by atoms with Crippen molar-refractivity contribution in [1.82, 2.24) is 4.98 Å². The Morgan fingerprint density at radius 2 is 1.45 bits per heavy atom. The van der Waals surface area contributed by atoms with E-state index in [1.165, 1.54) is 0 Å². The van der Waals surface area contributed by atoms with Crippen LogP contribution in [-0.4, -0.2) is 19.2 Å². The molecule has 0 atom stereocenters. The molecular weight excluding hydrogens is 459 g/mol. The Morgan fingerprint density at radius 1 is 0.848 bits per heavy atom. The topological polar surface area (TPSA) is 77.3 Å². The maximum atomic E-state index is 13.0. The quantitative estimate of drug-likeness (QED) is 0.338. The van der Waals surface area contributed by atoms with Gasteiger partial charge in [0, 0.05) is 28.8 Å². The number of nitrogens with one attached hydrogen (secondary N) is 1. The first-order chi connectivity index (χ1) is 15.0. The van der Waals surface area contributed by atoms with Gasteiger partial charge in [-0.1, -0.05) is 43.3 Å². The number of nitrogens with two attached hydrogens (primary N) is 1. The number of fused-ring (bicyclic) bond motifs is 1. The number of aromatic amines is 1. The van der Waals surface area contributed by atoms with Crippen LogP contribution in [0.15, 0.2) is 65.5 Å². The molecule has 0 aliphatic rings. The molecule has 3 aromatic carbocycles. The molecule has 0 spiro atoms. The monoisotopic (exact) mass is 486 g/mol. The first-order valence-corrected chi connectivity index (χ1v) is 10.3. The standard InChI is InChI=1S/C26H26N2O3.2ClH/c1-4-23-21-15-25(31-3)24(30-2)14-20(21)22(26(29)28-23)12-16-7-5-8-17(11-16)18-9-6-10-19(27)13-18;;/h5-11,13-15H,4,12,27H2,1-3H3,(H,28,29);2*1H. The molecule has 0 radical (unpaired) electrons. The van der Waals surface area contributed by atoms with E-state index < -0.39 is 0 Å². The lowest BCUT2D eigenvalue weighted by Crippen LogP contribution is -2.16. The summed E-state index contributed by atoms with van der Waals surface area (Å²) in [6, 6.07) is 19.8. The minimum Gasteiger partial charge on any atom is -0.493 e. The molecule has 1 heterocycles. The molecular formula is C26H28Cl2N2O3. The lowest BCUT2D eigenvalue weighted by Gasteiger charge is -2.14. The zero-order valence-electron chi connectivity index (χ0n) is 18.8. The fourth-order valence-corrected chi connectivity index (χ4v) is 4.02. The van der Waals surface area contributed by atoms with Gasteiger partial charge in [-0.25, -0.2) is 0 Å². The summed E-state index contributed by atoms with van der Waals surface area (Å²) in [5.74, 6) is 1.25. The molecule has 174 valence electrons. The lowest BCUT2D eigenvalue weighted by atomic mass is 9.95. The van der Waals surface area contributed by atoms with Crippen molar-refractivity contribution in [3.63, 3.8) is 0 Å². The second-order valence-electron chi connectivity index (χ2n) is 7.52. The van der Waals surface area contributed by atoms with Gasteiger partial charge >= 0.3 is 0 Å². The summed E-state index contributed by atoms with van der Waals surface area (Å²) in [6.07, 6.45) is 1.22. The second kappa shape index (κ2) is 11.1. The van der Waals surface area contributed by atoms with E-state index in [9.17, 15) is 4.79 Å². The predicted molar refractivity (Wildman–Crippen MR) is 141 cm³/mol. The van der Waals surface area contributed by atoms with Gasteiger partial charge in [-0.3, -0.25) is 4.79 Å². The fraction of sp³-hybridized carbons (Fsp3) is 0.192. The lowest BCUT2D eigenvalue weighted by molar-refractivity contribution is 0.356. The Morgan fingerprint density at radius 3 is 2.06 bits per heavy atom. The molecule has 0 bridgehead atoms. The van der Waals surface area contributed by atoms with Crippen molar-refractivity contribution in [2.45, 2.75) is 19.8 Å². The zero-order valence-corrected chi connectivity index (χ0v) is 20.4. The van der Waals surface area contributed by atoms with Gasteiger partial charge < -0.3 is 20.2 Å². The summed E-state index contributed by atoms with van der Waals surface area (Å²) in [5.41, 5.74) is 11.4. The Bertz CT molecular complexity index is 1320. The van der Waals surface area contributed by atoms with Crippen LogP contribution in [0.2, 0.25) is 0 Å². The van der Waals surface area contributed by atoms with E-state index in [0.29, 0.717) is 29.9 Å². The van der Waals surface area contributed by atoms with Crippen LogP contribution in [0.3, 0.4) is 0 Å². The van der Waals surface area contributed by atoms with Gasteiger partial charge in [0.2, 0.25) is 0 Å². The molecule has 0 aliphatic carbocycles. The number of halogens is 2. The first-order valence-electron chi connectivity index (χ1n) is 10.3. The third-order valence-electron chi connectivity index (χ3n) is 5.59. The zero-order chi connectivity index (χ0) is 22.0. The van der Waals surface area contributed by atoms with E-state index in [0.717, 1.165) is 38.8 Å². The van der Waals surface area contributed by atoms with Crippen molar-refractivity contribution in [2.24, 2.45) is 0 Å². The third kappa shape index (κ3) is 5.27. The van der Waals surface area contributed by atoms with Crippen LogP contribution in [0.25, 0.3) is 21.9 Å². The van der Waals surface area contributed by atoms with E-state index in [1.807, 2.05) is 55.5 Å². The van der Waals surface area contributed by atoms with Gasteiger partial charge in [-0.05, 0) is 52.8 Å². The van der Waals surface area contributed by atoms with Gasteiger partial charge in [0.25, 0.3) is 5.56 Å². The highest BCUT2D eigenvalue weighted by atomic mass is 35.5. The second-order valence-corrected chi connectivity index (χ2v) is 7.52. The summed E-state index contributed by atoms with van der Waals surface area (Å²) in [5, 5.41) is 1.86. The Kier molecular flexibility index (Phi) is 8.80. The number of aromatic nitrogens is 1. The van der Waals surface area contributed by atoms with Crippen molar-refractivity contribution >= 4 is 41.3 Å². The molecule has 4 aromatic rings. The highest BCUT2D eigenvalue weighted by molar-refractivity contribution is 5.91. The van der Waals surface area contributed by atoms with Crippen molar-refractivity contribution in [2.75, 3.05) is 20.0 Å². The van der Waals surface area contributed by atoms with Crippen LogP contribution in [0.5, 0.6) is 11.5 Å². The molecule has 4 rings (SSSR count). The predicted octanol–water partition coefficient (Wildman–Crippen LogP) is 5.79. The molecule has 1 aromatic heterocycles. The van der Waals surface area contributed by atoms with E-state index in [-0.39, 0.29) is 30.4 Å². The largest absolute Gasteiger partial charge is 0.493 e. The summed E-state index contributed by atoms with van der Waals surface area (Å²) in [7, 11) is 3.22. The van der Waals surface area contributed by atoms with Crippen LogP contribution in [0.1, 0.15) is 23.7 Å². The first kappa shape index (κ1) is 26.1. The average molecular weight is 487 g/mol. The molecule has 5 nitrogen and oxygen atoms in total. The number of rotatable bonds is 6.